The SMILES string of the molecule is Cc1cn(-c2ccc(/C=C/c3nc4n(n3)CCC[C@@H]4c3cccc4c3OC(F)(F)O4)nc2C)cn1. The summed E-state index contributed by atoms with van der Waals surface area (Å²) in [7, 11) is 0. The Hall–Kier alpha value is -4.08. The van der Waals surface area contributed by atoms with Gasteiger partial charge in [-0.25, -0.2) is 14.6 Å². The number of nitrogens with zero attached hydrogens (tertiary/aromatic N) is 6. The molecule has 1 aromatic carbocycles. The molecule has 0 N–H and O–H groups in total. The topological polar surface area (TPSA) is 79.9 Å². The average molecular weight is 476 g/mol. The third-order valence-corrected chi connectivity index (χ3v) is 6.20. The molecule has 0 aliphatic carbocycles. The van der Waals surface area contributed by atoms with Crippen LogP contribution in [0, 0.1) is 13.8 Å². The van der Waals surface area contributed by atoms with E-state index in [-0.39, 0.29) is 17.4 Å². The molecule has 0 spiro atoms. The predicted octanol–water partition coefficient (Wildman–Crippen LogP) is 4.89. The Kier molecular flexibility index (Phi) is 4.91. The maximum Gasteiger partial charge on any atom is 0.586 e. The monoisotopic (exact) mass is 476 g/mol. The first kappa shape index (κ1) is 21.5. The number of aryl methyl sites for hydroxylation is 3. The van der Waals surface area contributed by atoms with E-state index in [2.05, 4.69) is 19.8 Å². The average Bonchev–Trinajstić information content (AvgIpc) is 3.52. The highest BCUT2D eigenvalue weighted by molar-refractivity contribution is 5.65. The van der Waals surface area contributed by atoms with E-state index in [1.54, 1.807) is 18.5 Å². The summed E-state index contributed by atoms with van der Waals surface area (Å²) in [5.41, 5.74) is 4.19. The van der Waals surface area contributed by atoms with Crippen molar-refractivity contribution in [2.75, 3.05) is 0 Å². The van der Waals surface area contributed by atoms with Crippen molar-refractivity contribution in [3.05, 3.63) is 77.2 Å². The van der Waals surface area contributed by atoms with Gasteiger partial charge in [0.05, 0.1) is 29.1 Å². The second-order valence-corrected chi connectivity index (χ2v) is 8.68. The Bertz CT molecular complexity index is 1460. The smallest absolute Gasteiger partial charge is 0.395 e. The number of alkyl halides is 2. The molecule has 178 valence electrons. The van der Waals surface area contributed by atoms with Crippen LogP contribution in [0.4, 0.5) is 8.78 Å². The fourth-order valence-electron chi connectivity index (χ4n) is 4.65. The summed E-state index contributed by atoms with van der Waals surface area (Å²) >= 11 is 0. The largest absolute Gasteiger partial charge is 0.586 e. The fourth-order valence-corrected chi connectivity index (χ4v) is 4.65. The molecule has 8 nitrogen and oxygen atoms in total. The minimum Gasteiger partial charge on any atom is -0.395 e. The van der Waals surface area contributed by atoms with Gasteiger partial charge in [0, 0.05) is 24.2 Å². The highest BCUT2D eigenvalue weighted by atomic mass is 19.3. The van der Waals surface area contributed by atoms with Gasteiger partial charge in [-0.2, -0.15) is 5.10 Å². The zero-order chi connectivity index (χ0) is 24.2. The molecule has 0 fully saturated rings. The van der Waals surface area contributed by atoms with Crippen LogP contribution >= 0.6 is 0 Å². The molecule has 3 aromatic heterocycles. The maximum absolute atomic E-state index is 13.7. The van der Waals surface area contributed by atoms with Crippen molar-refractivity contribution >= 4 is 12.2 Å². The summed E-state index contributed by atoms with van der Waals surface area (Å²) < 4.78 is 40.6. The number of hydrogen-bond acceptors (Lipinski definition) is 6. The molecule has 0 radical (unpaired) electrons. The van der Waals surface area contributed by atoms with Gasteiger partial charge in [0.15, 0.2) is 17.3 Å². The molecule has 0 bridgehead atoms. The summed E-state index contributed by atoms with van der Waals surface area (Å²) in [6, 6.07) is 8.88. The summed E-state index contributed by atoms with van der Waals surface area (Å²) in [5, 5.41) is 4.61. The standard InChI is InChI=1S/C25H22F2N6O2/c1-15-13-32(14-28-15)20-10-8-17(29-16(20)2)9-11-22-30-24-19(6-4-12-33(24)31-22)18-5-3-7-21-23(18)35-25(26,27)34-21/h3,5,7-11,13-14,19H,4,6,12H2,1-2H3/b11-9+/t19-/m1/s1. The quantitative estimate of drug-likeness (QED) is 0.417. The lowest BCUT2D eigenvalue weighted by atomic mass is 9.90. The van der Waals surface area contributed by atoms with Crippen LogP contribution in [0.2, 0.25) is 0 Å². The first-order chi connectivity index (χ1) is 16.9. The van der Waals surface area contributed by atoms with Crippen molar-refractivity contribution in [2.24, 2.45) is 0 Å². The zero-order valence-corrected chi connectivity index (χ0v) is 19.2. The van der Waals surface area contributed by atoms with Crippen molar-refractivity contribution in [3.63, 3.8) is 0 Å². The van der Waals surface area contributed by atoms with E-state index in [1.807, 2.05) is 53.6 Å². The van der Waals surface area contributed by atoms with Crippen molar-refractivity contribution in [3.8, 4) is 17.2 Å². The van der Waals surface area contributed by atoms with E-state index in [9.17, 15) is 8.78 Å². The van der Waals surface area contributed by atoms with Gasteiger partial charge in [-0.05, 0) is 57.0 Å². The Morgan fingerprint density at radius 3 is 2.77 bits per heavy atom. The van der Waals surface area contributed by atoms with Gasteiger partial charge in [-0.1, -0.05) is 12.1 Å². The molecule has 5 heterocycles. The number of hydrogen-bond donors (Lipinski definition) is 0. The summed E-state index contributed by atoms with van der Waals surface area (Å²) in [6.07, 6.45) is 5.34. The molecule has 4 aromatic rings. The third kappa shape index (κ3) is 3.94. The first-order valence-corrected chi connectivity index (χ1v) is 11.4. The fraction of sp³-hybridized carbons (Fsp3) is 0.280. The first-order valence-electron chi connectivity index (χ1n) is 11.4. The van der Waals surface area contributed by atoms with Crippen molar-refractivity contribution in [2.45, 2.75) is 45.4 Å². The van der Waals surface area contributed by atoms with Crippen molar-refractivity contribution < 1.29 is 18.3 Å². The number of benzene rings is 1. The summed E-state index contributed by atoms with van der Waals surface area (Å²) in [4.78, 5) is 13.7. The highest BCUT2D eigenvalue weighted by Gasteiger charge is 2.45. The van der Waals surface area contributed by atoms with Crippen LogP contribution in [-0.4, -0.2) is 35.6 Å². The van der Waals surface area contributed by atoms with Gasteiger partial charge in [0.1, 0.15) is 5.82 Å². The van der Waals surface area contributed by atoms with Crippen LogP contribution in [-0.2, 0) is 6.54 Å². The minimum absolute atomic E-state index is 0.0417. The zero-order valence-electron chi connectivity index (χ0n) is 19.2. The van der Waals surface area contributed by atoms with E-state index >= 15 is 0 Å². The van der Waals surface area contributed by atoms with Crippen molar-refractivity contribution in [1.29, 1.82) is 0 Å². The number of imidazole rings is 1. The van der Waals surface area contributed by atoms with E-state index in [1.165, 1.54) is 6.07 Å². The van der Waals surface area contributed by atoms with Gasteiger partial charge in [-0.3, -0.25) is 4.98 Å². The maximum atomic E-state index is 13.7. The molecular formula is C25H22F2N6O2. The van der Waals surface area contributed by atoms with Gasteiger partial charge in [0.2, 0.25) is 0 Å². The Morgan fingerprint density at radius 2 is 1.97 bits per heavy atom. The number of pyridine rings is 1. The number of ether oxygens (including phenoxy) is 2. The van der Waals surface area contributed by atoms with Gasteiger partial charge in [0.25, 0.3) is 0 Å². The summed E-state index contributed by atoms with van der Waals surface area (Å²) in [6.45, 7) is 4.61. The predicted molar refractivity (Wildman–Crippen MR) is 124 cm³/mol. The molecule has 0 saturated heterocycles. The van der Waals surface area contributed by atoms with Crippen LogP contribution in [0.15, 0.2) is 42.9 Å². The normalized spacial score (nSPS) is 18.2. The lowest BCUT2D eigenvalue weighted by molar-refractivity contribution is -0.287. The lowest BCUT2D eigenvalue weighted by Crippen LogP contribution is -2.26. The van der Waals surface area contributed by atoms with E-state index in [0.717, 1.165) is 41.4 Å². The third-order valence-electron chi connectivity index (χ3n) is 6.20. The van der Waals surface area contributed by atoms with Crippen molar-refractivity contribution in [1.82, 2.24) is 29.3 Å². The van der Waals surface area contributed by atoms with Crippen LogP contribution in [0.25, 0.3) is 17.8 Å². The second-order valence-electron chi connectivity index (χ2n) is 8.68. The van der Waals surface area contributed by atoms with E-state index in [0.29, 0.717) is 17.9 Å². The number of para-hydroxylation sites is 1. The Balaban J connectivity index is 1.27. The number of aromatic nitrogens is 6. The minimum atomic E-state index is -3.66. The van der Waals surface area contributed by atoms with Gasteiger partial charge in [-0.15, -0.1) is 8.78 Å². The molecule has 0 amide bonds. The van der Waals surface area contributed by atoms with Crippen LogP contribution in [0.3, 0.4) is 0 Å². The number of halogens is 2. The highest BCUT2D eigenvalue weighted by Crippen LogP contribution is 2.48. The number of fused-ring (bicyclic) bond motifs is 2. The molecule has 6 rings (SSSR count). The van der Waals surface area contributed by atoms with Gasteiger partial charge >= 0.3 is 6.29 Å². The lowest BCUT2D eigenvalue weighted by Gasteiger charge is -2.23. The molecule has 0 saturated carbocycles. The molecule has 10 heteroatoms. The van der Waals surface area contributed by atoms with Crippen LogP contribution in [0.1, 0.15) is 53.1 Å². The molecule has 35 heavy (non-hydrogen) atoms. The van der Waals surface area contributed by atoms with E-state index in [4.69, 9.17) is 9.72 Å². The van der Waals surface area contributed by atoms with Crippen LogP contribution in [0.5, 0.6) is 11.5 Å². The molecule has 0 unspecified atom stereocenters. The molecular weight excluding hydrogens is 454 g/mol. The van der Waals surface area contributed by atoms with Crippen LogP contribution < -0.4 is 9.47 Å². The van der Waals surface area contributed by atoms with Gasteiger partial charge < -0.3 is 14.0 Å². The Morgan fingerprint density at radius 1 is 1.09 bits per heavy atom. The molecule has 1 atom stereocenters. The number of rotatable bonds is 4. The van der Waals surface area contributed by atoms with E-state index < -0.39 is 6.29 Å². The Labute approximate surface area is 199 Å². The molecule has 2 aliphatic rings. The summed E-state index contributed by atoms with van der Waals surface area (Å²) in [5.74, 6) is 1.15. The second kappa shape index (κ2) is 8.00. The molecule has 2 aliphatic heterocycles.